The SMILES string of the molecule is COC1(C(=O)C2CCCCC2)CCCC1C. The number of rotatable bonds is 3. The molecule has 92 valence electrons. The minimum absolute atomic E-state index is 0.286. The second-order valence-corrected chi connectivity index (χ2v) is 5.59. The number of carbonyl (C=O) groups is 1. The van der Waals surface area contributed by atoms with E-state index in [-0.39, 0.29) is 5.92 Å². The lowest BCUT2D eigenvalue weighted by Gasteiger charge is -2.35. The van der Waals surface area contributed by atoms with Crippen LogP contribution in [0.15, 0.2) is 0 Å². The van der Waals surface area contributed by atoms with Crippen LogP contribution in [0.25, 0.3) is 0 Å². The zero-order valence-corrected chi connectivity index (χ0v) is 10.6. The third-order valence-corrected chi connectivity index (χ3v) is 4.74. The van der Waals surface area contributed by atoms with Crippen molar-refractivity contribution in [3.63, 3.8) is 0 Å². The molecule has 2 nitrogen and oxygen atoms in total. The van der Waals surface area contributed by atoms with E-state index in [9.17, 15) is 4.79 Å². The van der Waals surface area contributed by atoms with Crippen LogP contribution in [0.2, 0.25) is 0 Å². The van der Waals surface area contributed by atoms with Crippen LogP contribution >= 0.6 is 0 Å². The maximum absolute atomic E-state index is 12.6. The Morgan fingerprint density at radius 3 is 2.31 bits per heavy atom. The van der Waals surface area contributed by atoms with E-state index < -0.39 is 5.60 Å². The van der Waals surface area contributed by atoms with Crippen LogP contribution in [-0.4, -0.2) is 18.5 Å². The van der Waals surface area contributed by atoms with Gasteiger partial charge in [-0.1, -0.05) is 26.2 Å². The Balaban J connectivity index is 2.11. The van der Waals surface area contributed by atoms with E-state index in [2.05, 4.69) is 6.92 Å². The molecule has 0 radical (unpaired) electrons. The third kappa shape index (κ3) is 1.92. The van der Waals surface area contributed by atoms with Gasteiger partial charge in [-0.05, 0) is 38.0 Å². The summed E-state index contributed by atoms with van der Waals surface area (Å²) in [6.45, 7) is 2.18. The Morgan fingerprint density at radius 2 is 1.81 bits per heavy atom. The molecule has 0 aromatic heterocycles. The topological polar surface area (TPSA) is 26.3 Å². The Labute approximate surface area is 98.7 Å². The molecule has 0 saturated heterocycles. The van der Waals surface area contributed by atoms with Gasteiger partial charge < -0.3 is 4.74 Å². The first-order chi connectivity index (χ1) is 7.70. The highest BCUT2D eigenvalue weighted by molar-refractivity contribution is 5.90. The fourth-order valence-electron chi connectivity index (χ4n) is 3.63. The molecule has 0 aromatic carbocycles. The lowest BCUT2D eigenvalue weighted by atomic mass is 9.76. The number of ketones is 1. The Kier molecular flexibility index (Phi) is 3.68. The molecule has 0 aromatic rings. The average molecular weight is 224 g/mol. The number of methoxy groups -OCH3 is 1. The Hall–Kier alpha value is -0.370. The van der Waals surface area contributed by atoms with E-state index in [0.29, 0.717) is 11.7 Å². The van der Waals surface area contributed by atoms with Crippen LogP contribution in [0, 0.1) is 11.8 Å². The van der Waals surface area contributed by atoms with Gasteiger partial charge in [-0.2, -0.15) is 0 Å². The van der Waals surface area contributed by atoms with Crippen molar-refractivity contribution in [3.05, 3.63) is 0 Å². The van der Waals surface area contributed by atoms with Crippen molar-refractivity contribution in [1.29, 1.82) is 0 Å². The van der Waals surface area contributed by atoms with Crippen LogP contribution in [0.5, 0.6) is 0 Å². The zero-order chi connectivity index (χ0) is 11.6. The van der Waals surface area contributed by atoms with Crippen LogP contribution in [0.4, 0.5) is 0 Å². The number of ether oxygens (including phenoxy) is 1. The molecule has 2 aliphatic rings. The summed E-state index contributed by atoms with van der Waals surface area (Å²) in [6.07, 6.45) is 9.18. The van der Waals surface area contributed by atoms with Gasteiger partial charge in [-0.3, -0.25) is 4.79 Å². The Morgan fingerprint density at radius 1 is 1.12 bits per heavy atom. The molecule has 2 unspecified atom stereocenters. The third-order valence-electron chi connectivity index (χ3n) is 4.74. The van der Waals surface area contributed by atoms with Gasteiger partial charge in [0, 0.05) is 13.0 Å². The maximum atomic E-state index is 12.6. The summed E-state index contributed by atoms with van der Waals surface area (Å²) in [6, 6.07) is 0. The van der Waals surface area contributed by atoms with Gasteiger partial charge in [0.25, 0.3) is 0 Å². The standard InChI is InChI=1S/C14H24O2/c1-11-7-6-10-14(11,16-2)13(15)12-8-4-3-5-9-12/h11-12H,3-10H2,1-2H3. The molecule has 2 heteroatoms. The van der Waals surface area contributed by atoms with E-state index >= 15 is 0 Å². The largest absolute Gasteiger partial charge is 0.370 e. The molecule has 2 aliphatic carbocycles. The molecule has 0 N–H and O–H groups in total. The van der Waals surface area contributed by atoms with E-state index in [0.717, 1.165) is 32.1 Å². The molecule has 16 heavy (non-hydrogen) atoms. The van der Waals surface area contributed by atoms with Gasteiger partial charge in [0.1, 0.15) is 5.60 Å². The molecular formula is C14H24O2. The van der Waals surface area contributed by atoms with Gasteiger partial charge in [0.2, 0.25) is 0 Å². The molecule has 0 amide bonds. The predicted molar refractivity (Wildman–Crippen MR) is 64.3 cm³/mol. The van der Waals surface area contributed by atoms with Gasteiger partial charge in [0.05, 0.1) is 0 Å². The smallest absolute Gasteiger partial charge is 0.167 e. The van der Waals surface area contributed by atoms with Crippen LogP contribution in [0.1, 0.15) is 58.3 Å². The highest BCUT2D eigenvalue weighted by Gasteiger charge is 2.48. The molecule has 0 aliphatic heterocycles. The first kappa shape index (κ1) is 12.1. The number of hydrogen-bond donors (Lipinski definition) is 0. The molecule has 2 fully saturated rings. The van der Waals surface area contributed by atoms with Crippen LogP contribution in [-0.2, 0) is 9.53 Å². The second kappa shape index (κ2) is 4.87. The number of carbonyl (C=O) groups excluding carboxylic acids is 1. The number of Topliss-reactive ketones (excluding diaryl/α,β-unsaturated/α-hetero) is 1. The van der Waals surface area contributed by atoms with Crippen LogP contribution < -0.4 is 0 Å². The van der Waals surface area contributed by atoms with E-state index in [1.807, 2.05) is 0 Å². The van der Waals surface area contributed by atoms with Gasteiger partial charge in [-0.15, -0.1) is 0 Å². The quantitative estimate of drug-likeness (QED) is 0.735. The highest BCUT2D eigenvalue weighted by atomic mass is 16.5. The lowest BCUT2D eigenvalue weighted by molar-refractivity contribution is -0.150. The average Bonchev–Trinajstić information content (AvgIpc) is 2.72. The van der Waals surface area contributed by atoms with E-state index in [4.69, 9.17) is 4.74 Å². The summed E-state index contributed by atoms with van der Waals surface area (Å²) >= 11 is 0. The summed E-state index contributed by atoms with van der Waals surface area (Å²) in [4.78, 5) is 12.6. The molecule has 0 spiro atoms. The molecule has 2 saturated carbocycles. The summed E-state index contributed by atoms with van der Waals surface area (Å²) < 4.78 is 5.68. The second-order valence-electron chi connectivity index (χ2n) is 5.59. The normalized spacial score (nSPS) is 36.5. The summed E-state index contributed by atoms with van der Waals surface area (Å²) in [5, 5.41) is 0. The van der Waals surface area contributed by atoms with Gasteiger partial charge >= 0.3 is 0 Å². The first-order valence-electron chi connectivity index (χ1n) is 6.80. The van der Waals surface area contributed by atoms with Crippen molar-refractivity contribution in [2.24, 2.45) is 11.8 Å². The molecule has 0 bridgehead atoms. The van der Waals surface area contributed by atoms with Crippen molar-refractivity contribution < 1.29 is 9.53 Å². The molecular weight excluding hydrogens is 200 g/mol. The van der Waals surface area contributed by atoms with Crippen molar-refractivity contribution in [2.45, 2.75) is 63.9 Å². The van der Waals surface area contributed by atoms with Crippen molar-refractivity contribution >= 4 is 5.78 Å². The van der Waals surface area contributed by atoms with Gasteiger partial charge in [0.15, 0.2) is 5.78 Å². The number of hydrogen-bond acceptors (Lipinski definition) is 2. The van der Waals surface area contributed by atoms with E-state index in [1.165, 1.54) is 19.3 Å². The minimum atomic E-state index is -0.429. The molecule has 2 atom stereocenters. The lowest BCUT2D eigenvalue weighted by Crippen LogP contribution is -2.47. The molecule has 0 heterocycles. The highest BCUT2D eigenvalue weighted by Crippen LogP contribution is 2.42. The van der Waals surface area contributed by atoms with Gasteiger partial charge in [-0.25, -0.2) is 0 Å². The molecule has 2 rings (SSSR count). The van der Waals surface area contributed by atoms with E-state index in [1.54, 1.807) is 7.11 Å². The first-order valence-corrected chi connectivity index (χ1v) is 6.80. The predicted octanol–water partition coefficient (Wildman–Crippen LogP) is 3.34. The van der Waals surface area contributed by atoms with Crippen molar-refractivity contribution in [1.82, 2.24) is 0 Å². The summed E-state index contributed by atoms with van der Waals surface area (Å²) in [5.74, 6) is 1.11. The summed E-state index contributed by atoms with van der Waals surface area (Å²) in [7, 11) is 1.72. The van der Waals surface area contributed by atoms with Crippen LogP contribution in [0.3, 0.4) is 0 Å². The fourth-order valence-corrected chi connectivity index (χ4v) is 3.63. The monoisotopic (exact) mass is 224 g/mol. The maximum Gasteiger partial charge on any atom is 0.167 e. The zero-order valence-electron chi connectivity index (χ0n) is 10.6. The summed E-state index contributed by atoms with van der Waals surface area (Å²) in [5.41, 5.74) is -0.429. The minimum Gasteiger partial charge on any atom is -0.370 e. The van der Waals surface area contributed by atoms with Crippen molar-refractivity contribution in [3.8, 4) is 0 Å². The fraction of sp³-hybridized carbons (Fsp3) is 0.929. The Bertz CT molecular complexity index is 255. The van der Waals surface area contributed by atoms with Crippen molar-refractivity contribution in [2.75, 3.05) is 7.11 Å².